The molecule has 6 rings (SSSR count). The number of nitrogens with zero attached hydrogens (tertiary/aromatic N) is 1. The van der Waals surface area contributed by atoms with Crippen molar-refractivity contribution in [1.82, 2.24) is 0 Å². The summed E-state index contributed by atoms with van der Waals surface area (Å²) in [5, 5.41) is 1.69. The van der Waals surface area contributed by atoms with E-state index in [0.717, 1.165) is 12.1 Å². The minimum atomic E-state index is -1.52. The lowest BCUT2D eigenvalue weighted by atomic mass is 9.63. The quantitative estimate of drug-likeness (QED) is 0.565. The molecule has 1 heterocycles. The summed E-state index contributed by atoms with van der Waals surface area (Å²) >= 11 is 0. The van der Waals surface area contributed by atoms with Gasteiger partial charge in [-0.05, 0) is 55.6 Å². The molecule has 1 spiro atoms. The molecule has 5 aliphatic rings. The molecule has 3 nitrogen and oxygen atoms in total. The van der Waals surface area contributed by atoms with Crippen molar-refractivity contribution in [2.24, 2.45) is 35.0 Å². The number of anilines is 1. The van der Waals surface area contributed by atoms with Gasteiger partial charge in [-0.3, -0.25) is 14.5 Å². The maximum absolute atomic E-state index is 13.7. The molecular formula is C23H27NO2Si. The Hall–Kier alpha value is -1.68. The van der Waals surface area contributed by atoms with Gasteiger partial charge in [0.15, 0.2) is 0 Å². The van der Waals surface area contributed by atoms with Crippen LogP contribution in [0.4, 0.5) is 5.69 Å². The van der Waals surface area contributed by atoms with Gasteiger partial charge in [-0.15, -0.1) is 0 Å². The molecule has 4 heteroatoms. The molecule has 27 heavy (non-hydrogen) atoms. The van der Waals surface area contributed by atoms with Crippen LogP contribution in [0, 0.1) is 35.0 Å². The zero-order chi connectivity index (χ0) is 18.7. The smallest absolute Gasteiger partial charge is 0.238 e. The lowest BCUT2D eigenvalue weighted by molar-refractivity contribution is -0.124. The van der Waals surface area contributed by atoms with Gasteiger partial charge >= 0.3 is 0 Å². The zero-order valence-corrected chi connectivity index (χ0v) is 17.4. The summed E-state index contributed by atoms with van der Waals surface area (Å²) in [5.41, 5.74) is 2.49. The van der Waals surface area contributed by atoms with E-state index in [9.17, 15) is 9.59 Å². The van der Waals surface area contributed by atoms with Crippen LogP contribution in [-0.2, 0) is 9.59 Å². The van der Waals surface area contributed by atoms with E-state index in [4.69, 9.17) is 0 Å². The van der Waals surface area contributed by atoms with Gasteiger partial charge in [-0.2, -0.15) is 0 Å². The summed E-state index contributed by atoms with van der Waals surface area (Å²) in [5.74, 6) is 1.68. The Morgan fingerprint density at radius 2 is 1.78 bits per heavy atom. The summed E-state index contributed by atoms with van der Waals surface area (Å²) in [6.45, 7) is 7.34. The lowest BCUT2D eigenvalue weighted by Gasteiger charge is -2.42. The van der Waals surface area contributed by atoms with E-state index in [1.165, 1.54) is 19.3 Å². The van der Waals surface area contributed by atoms with E-state index >= 15 is 0 Å². The second kappa shape index (κ2) is 4.83. The van der Waals surface area contributed by atoms with Crippen LogP contribution in [0.15, 0.2) is 41.1 Å². The molecule has 0 aromatic heterocycles. The van der Waals surface area contributed by atoms with Gasteiger partial charge in [0.2, 0.25) is 11.8 Å². The van der Waals surface area contributed by atoms with Crippen molar-refractivity contribution >= 4 is 25.6 Å². The van der Waals surface area contributed by atoms with Crippen molar-refractivity contribution in [3.05, 3.63) is 41.1 Å². The highest BCUT2D eigenvalue weighted by atomic mass is 28.3. The third-order valence-electron chi connectivity index (χ3n) is 8.45. The number of fused-ring (bicyclic) bond motifs is 6. The van der Waals surface area contributed by atoms with Gasteiger partial charge in [0.1, 0.15) is 0 Å². The van der Waals surface area contributed by atoms with Crippen LogP contribution < -0.4 is 4.90 Å². The van der Waals surface area contributed by atoms with Crippen molar-refractivity contribution in [3.8, 4) is 0 Å². The molecule has 0 unspecified atom stereocenters. The number of rotatable bonds is 2. The summed E-state index contributed by atoms with van der Waals surface area (Å²) in [4.78, 5) is 28.7. The number of carbonyl (C=O) groups excluding carboxylic acids is 2. The first-order valence-corrected chi connectivity index (χ1v) is 14.0. The second-order valence-corrected chi connectivity index (χ2v) is 15.5. The van der Waals surface area contributed by atoms with Gasteiger partial charge in [0.25, 0.3) is 0 Å². The molecule has 0 N–H and O–H groups in total. The van der Waals surface area contributed by atoms with E-state index < -0.39 is 8.07 Å². The number of allylic oxidation sites excluding steroid dienone is 2. The van der Waals surface area contributed by atoms with E-state index in [1.54, 1.807) is 15.7 Å². The maximum Gasteiger partial charge on any atom is 0.238 e. The fraction of sp³-hybridized carbons (Fsp3) is 0.565. The van der Waals surface area contributed by atoms with Crippen molar-refractivity contribution in [2.45, 2.75) is 45.3 Å². The Morgan fingerprint density at radius 1 is 1.04 bits per heavy atom. The molecule has 4 bridgehead atoms. The Balaban J connectivity index is 1.54. The molecule has 0 radical (unpaired) electrons. The fourth-order valence-corrected chi connectivity index (χ4v) is 10.6. The molecular weight excluding hydrogens is 350 g/mol. The lowest BCUT2D eigenvalue weighted by Crippen LogP contribution is -2.43. The molecule has 4 fully saturated rings. The maximum atomic E-state index is 13.7. The van der Waals surface area contributed by atoms with Crippen LogP contribution >= 0.6 is 0 Å². The predicted octanol–water partition coefficient (Wildman–Crippen LogP) is 4.42. The fourth-order valence-electron chi connectivity index (χ4n) is 8.01. The molecule has 6 atom stereocenters. The Morgan fingerprint density at radius 3 is 2.48 bits per heavy atom. The van der Waals surface area contributed by atoms with Crippen LogP contribution in [0.3, 0.4) is 0 Å². The Labute approximate surface area is 161 Å². The number of carbonyl (C=O) groups is 2. The number of amides is 2. The highest BCUT2D eigenvalue weighted by molar-refractivity contribution is 6.83. The van der Waals surface area contributed by atoms with Gasteiger partial charge < -0.3 is 0 Å². The van der Waals surface area contributed by atoms with Crippen LogP contribution in [-0.4, -0.2) is 19.9 Å². The van der Waals surface area contributed by atoms with E-state index in [-0.39, 0.29) is 29.1 Å². The van der Waals surface area contributed by atoms with Gasteiger partial charge in [-0.25, -0.2) is 0 Å². The largest absolute Gasteiger partial charge is 0.274 e. The predicted molar refractivity (Wildman–Crippen MR) is 108 cm³/mol. The zero-order valence-electron chi connectivity index (χ0n) is 16.4. The minimum Gasteiger partial charge on any atom is -0.274 e. The molecule has 1 aromatic carbocycles. The summed E-state index contributed by atoms with van der Waals surface area (Å²) in [7, 11) is -1.52. The molecule has 1 saturated heterocycles. The molecule has 140 valence electrons. The number of hydrogen-bond donors (Lipinski definition) is 0. The highest BCUT2D eigenvalue weighted by Gasteiger charge is 2.76. The number of hydrogen-bond acceptors (Lipinski definition) is 2. The highest BCUT2D eigenvalue weighted by Crippen LogP contribution is 2.78. The molecule has 1 aromatic rings. The third-order valence-corrected chi connectivity index (χ3v) is 10.7. The van der Waals surface area contributed by atoms with E-state index in [2.05, 4.69) is 19.6 Å². The topological polar surface area (TPSA) is 37.4 Å². The monoisotopic (exact) mass is 377 g/mol. The van der Waals surface area contributed by atoms with Crippen LogP contribution in [0.1, 0.15) is 25.7 Å². The first-order chi connectivity index (χ1) is 12.9. The van der Waals surface area contributed by atoms with E-state index in [1.807, 2.05) is 30.3 Å². The third kappa shape index (κ3) is 1.70. The van der Waals surface area contributed by atoms with Crippen LogP contribution in [0.5, 0.6) is 0 Å². The number of benzene rings is 1. The summed E-state index contributed by atoms with van der Waals surface area (Å²) < 4.78 is 0. The van der Waals surface area contributed by atoms with Crippen molar-refractivity contribution in [3.63, 3.8) is 0 Å². The Bertz CT molecular complexity index is 914. The molecule has 1 aliphatic heterocycles. The van der Waals surface area contributed by atoms with Gasteiger partial charge in [0, 0.05) is 5.41 Å². The SMILES string of the molecule is C[Si](C)(C)C1=C2[C@H]3CC[C@@H](C3)[C@@]23C[C@H]1[C@@H]1C(=O)N(c2ccccc2)C(=O)[C@@H]13. The second-order valence-electron chi connectivity index (χ2n) is 10.5. The summed E-state index contributed by atoms with van der Waals surface area (Å²) in [6.07, 6.45) is 4.94. The molecule has 3 saturated carbocycles. The minimum absolute atomic E-state index is 0.0319. The summed E-state index contributed by atoms with van der Waals surface area (Å²) in [6, 6.07) is 9.60. The first-order valence-electron chi connectivity index (χ1n) is 10.5. The normalized spacial score (nSPS) is 41.7. The van der Waals surface area contributed by atoms with Gasteiger partial charge in [-0.1, -0.05) is 48.6 Å². The molecule has 2 amide bonds. The van der Waals surface area contributed by atoms with Crippen LogP contribution in [0.25, 0.3) is 0 Å². The molecule has 4 aliphatic carbocycles. The van der Waals surface area contributed by atoms with Crippen molar-refractivity contribution in [1.29, 1.82) is 0 Å². The van der Waals surface area contributed by atoms with Crippen LogP contribution in [0.2, 0.25) is 19.6 Å². The number of imide groups is 1. The average Bonchev–Trinajstić information content (AvgIpc) is 3.38. The van der Waals surface area contributed by atoms with Crippen molar-refractivity contribution < 1.29 is 9.59 Å². The Kier molecular flexibility index (Phi) is 2.91. The van der Waals surface area contributed by atoms with E-state index in [0.29, 0.717) is 17.8 Å². The first kappa shape index (κ1) is 16.3. The van der Waals surface area contributed by atoms with Gasteiger partial charge in [0.05, 0.1) is 25.6 Å². The number of para-hydroxylation sites is 1. The standard InChI is InChI=1S/C23H27NO2Si/c1-27(2,3)20-16-12-23(14-10-9-13(11-14)18(20)23)19-17(16)21(25)24(22(19)26)15-7-5-4-6-8-15/h4-8,13-14,16-17,19H,9-12H2,1-3H3/t13-,14-,16-,17-,19+,23-/m0/s1. The average molecular weight is 378 g/mol. The van der Waals surface area contributed by atoms with Crippen molar-refractivity contribution in [2.75, 3.05) is 4.90 Å².